The topological polar surface area (TPSA) is 17.1 Å². The Morgan fingerprint density at radius 3 is 1.59 bits per heavy atom. The lowest BCUT2D eigenvalue weighted by Crippen LogP contribution is -1.88. The summed E-state index contributed by atoms with van der Waals surface area (Å²) in [5.74, 6) is 0.301. The van der Waals surface area contributed by atoms with Gasteiger partial charge >= 0.3 is 0 Å². The van der Waals surface area contributed by atoms with E-state index in [1.165, 1.54) is 16.7 Å². The fraction of sp³-hybridized carbons (Fsp3) is 0.0952. The first-order valence-electron chi connectivity index (χ1n) is 7.56. The summed E-state index contributed by atoms with van der Waals surface area (Å²) >= 11 is 0. The van der Waals surface area contributed by atoms with E-state index in [1.54, 1.807) is 0 Å². The molecule has 1 nitrogen and oxygen atoms in total. The molecule has 0 atom stereocenters. The summed E-state index contributed by atoms with van der Waals surface area (Å²) in [7, 11) is 0. The van der Waals surface area contributed by atoms with Gasteiger partial charge in [0.1, 0.15) is 0 Å². The largest absolute Gasteiger partial charge is 0.294 e. The Hall–Kier alpha value is -2.67. The van der Waals surface area contributed by atoms with E-state index in [-0.39, 0.29) is 0 Å². The van der Waals surface area contributed by atoms with E-state index < -0.39 is 0 Å². The van der Waals surface area contributed by atoms with Gasteiger partial charge in [-0.05, 0) is 23.1 Å². The first-order chi connectivity index (χ1) is 10.8. The summed E-state index contributed by atoms with van der Waals surface area (Å²) in [5.41, 5.74) is 4.70. The molecule has 108 valence electrons. The van der Waals surface area contributed by atoms with Gasteiger partial charge in [0.05, 0.1) is 0 Å². The van der Waals surface area contributed by atoms with Gasteiger partial charge in [-0.2, -0.15) is 0 Å². The fourth-order valence-corrected chi connectivity index (χ4v) is 2.65. The van der Waals surface area contributed by atoms with Crippen LogP contribution in [0.4, 0.5) is 0 Å². The third kappa shape index (κ3) is 3.32. The maximum atomic E-state index is 11.1. The van der Waals surface area contributed by atoms with Crippen LogP contribution in [0.3, 0.4) is 0 Å². The minimum absolute atomic E-state index is 0.301. The van der Waals surface area contributed by atoms with Crippen LogP contribution in [0.1, 0.15) is 22.3 Å². The lowest BCUT2D eigenvalue weighted by Gasteiger charge is -1.98. The normalized spacial score (nSPS) is 12.3. The van der Waals surface area contributed by atoms with Gasteiger partial charge in [0.25, 0.3) is 0 Å². The van der Waals surface area contributed by atoms with Crippen LogP contribution in [0.5, 0.6) is 0 Å². The van der Waals surface area contributed by atoms with Crippen LogP contribution >= 0.6 is 0 Å². The zero-order valence-corrected chi connectivity index (χ0v) is 12.4. The number of Topliss-reactive ketones (excluding diaryl/α,β-unsaturated/α-hetero) is 1. The highest BCUT2D eigenvalue weighted by molar-refractivity contribution is 6.00. The highest BCUT2D eigenvalue weighted by atomic mass is 16.1. The van der Waals surface area contributed by atoms with E-state index in [0.29, 0.717) is 12.2 Å². The molecule has 0 fully saturated rings. The summed E-state index contributed by atoms with van der Waals surface area (Å²) in [6.45, 7) is 0. The van der Waals surface area contributed by atoms with E-state index in [2.05, 4.69) is 48.5 Å². The average molecular weight is 286 g/mol. The first-order valence-corrected chi connectivity index (χ1v) is 7.56. The van der Waals surface area contributed by atoms with Crippen LogP contribution in [0.25, 0.3) is 11.1 Å². The molecule has 0 unspecified atom stereocenters. The smallest absolute Gasteiger partial charge is 0.163 e. The van der Waals surface area contributed by atoms with Crippen molar-refractivity contribution in [3.05, 3.63) is 96.1 Å². The minimum Gasteiger partial charge on any atom is -0.294 e. The summed E-state index contributed by atoms with van der Waals surface area (Å²) in [5, 5.41) is 0. The van der Waals surface area contributed by atoms with Crippen molar-refractivity contribution in [3.63, 3.8) is 0 Å². The van der Waals surface area contributed by atoms with Crippen molar-refractivity contribution in [1.82, 2.24) is 0 Å². The van der Waals surface area contributed by atoms with Gasteiger partial charge in [-0.25, -0.2) is 0 Å². The molecular weight excluding hydrogens is 268 g/mol. The van der Waals surface area contributed by atoms with Crippen LogP contribution in [-0.4, -0.2) is 5.78 Å². The average Bonchev–Trinajstić information content (AvgIpc) is 2.99. The molecule has 3 aromatic carbocycles. The van der Waals surface area contributed by atoms with Crippen molar-refractivity contribution in [1.29, 1.82) is 0 Å². The Morgan fingerprint density at radius 1 is 0.545 bits per heavy atom. The summed E-state index contributed by atoms with van der Waals surface area (Å²) in [6.07, 6.45) is 1.65. The quantitative estimate of drug-likeness (QED) is 0.603. The third-order valence-corrected chi connectivity index (χ3v) is 3.82. The highest BCUT2D eigenvalue weighted by Gasteiger charge is 2.17. The molecule has 1 aliphatic carbocycles. The molecule has 3 aromatic rings. The number of ketones is 1. The number of aryl methyl sites for hydroxylation is 1. The Bertz CT molecular complexity index is 708. The van der Waals surface area contributed by atoms with Crippen molar-refractivity contribution in [2.24, 2.45) is 0 Å². The molecule has 0 aliphatic heterocycles. The number of hydrogen-bond acceptors (Lipinski definition) is 1. The highest BCUT2D eigenvalue weighted by Crippen LogP contribution is 2.20. The molecule has 1 heteroatoms. The lowest BCUT2D eigenvalue weighted by molar-refractivity contribution is 0.0994. The number of hydrogen-bond donors (Lipinski definition) is 0. The molecular formula is C21H18O. The third-order valence-electron chi connectivity index (χ3n) is 3.82. The molecule has 22 heavy (non-hydrogen) atoms. The second-order valence-electron chi connectivity index (χ2n) is 5.31. The number of fused-ring (bicyclic) bond motifs is 1. The summed E-state index contributed by atoms with van der Waals surface area (Å²) in [6, 6.07) is 28.6. The van der Waals surface area contributed by atoms with Crippen molar-refractivity contribution in [2.75, 3.05) is 0 Å². The lowest BCUT2D eigenvalue weighted by atomic mass is 10.1. The van der Waals surface area contributed by atoms with Gasteiger partial charge in [-0.15, -0.1) is 0 Å². The van der Waals surface area contributed by atoms with Gasteiger partial charge in [0.2, 0.25) is 0 Å². The Balaban J connectivity index is 0.000000133. The maximum absolute atomic E-state index is 11.1. The molecule has 0 N–H and O–H groups in total. The molecule has 0 amide bonds. The van der Waals surface area contributed by atoms with Crippen LogP contribution in [-0.2, 0) is 6.42 Å². The van der Waals surface area contributed by atoms with Crippen molar-refractivity contribution >= 4 is 5.78 Å². The van der Waals surface area contributed by atoms with Crippen LogP contribution in [0, 0.1) is 0 Å². The second-order valence-corrected chi connectivity index (χ2v) is 5.31. The van der Waals surface area contributed by atoms with E-state index in [4.69, 9.17) is 0 Å². The standard InChI is InChI=1S/C12H10.C9H8O/c1-3-7-11(8-4-1)12-9-5-2-6-10-12;10-9-6-5-7-3-1-2-4-8(7)9/h1-10H;1-4H,5-6H2. The van der Waals surface area contributed by atoms with Crippen molar-refractivity contribution < 1.29 is 4.79 Å². The fourth-order valence-electron chi connectivity index (χ4n) is 2.65. The molecule has 0 radical (unpaired) electrons. The second kappa shape index (κ2) is 6.86. The number of benzene rings is 3. The zero-order valence-electron chi connectivity index (χ0n) is 12.4. The first kappa shape index (κ1) is 14.3. The van der Waals surface area contributed by atoms with E-state index in [0.717, 1.165) is 12.0 Å². The molecule has 0 spiro atoms. The van der Waals surface area contributed by atoms with Gasteiger partial charge in [0, 0.05) is 12.0 Å². The molecule has 1 aliphatic rings. The van der Waals surface area contributed by atoms with Gasteiger partial charge in [-0.1, -0.05) is 84.9 Å². The van der Waals surface area contributed by atoms with E-state index in [1.807, 2.05) is 36.4 Å². The van der Waals surface area contributed by atoms with Gasteiger partial charge in [0.15, 0.2) is 5.78 Å². The minimum atomic E-state index is 0.301. The number of carbonyl (C=O) groups is 1. The summed E-state index contributed by atoms with van der Waals surface area (Å²) in [4.78, 5) is 11.1. The van der Waals surface area contributed by atoms with Gasteiger partial charge < -0.3 is 0 Å². The van der Waals surface area contributed by atoms with Gasteiger partial charge in [-0.3, -0.25) is 4.79 Å². The molecule has 0 saturated carbocycles. The Labute approximate surface area is 131 Å². The molecule has 0 heterocycles. The Morgan fingerprint density at radius 2 is 1.05 bits per heavy atom. The molecule has 0 saturated heterocycles. The SMILES string of the molecule is O=C1CCc2ccccc21.c1ccc(-c2ccccc2)cc1. The van der Waals surface area contributed by atoms with Crippen molar-refractivity contribution in [2.45, 2.75) is 12.8 Å². The van der Waals surface area contributed by atoms with Crippen molar-refractivity contribution in [3.8, 4) is 11.1 Å². The predicted molar refractivity (Wildman–Crippen MR) is 91.0 cm³/mol. The Kier molecular flexibility index (Phi) is 4.45. The van der Waals surface area contributed by atoms with Crippen LogP contribution in [0.2, 0.25) is 0 Å². The van der Waals surface area contributed by atoms with Crippen LogP contribution < -0.4 is 0 Å². The van der Waals surface area contributed by atoms with E-state index >= 15 is 0 Å². The van der Waals surface area contributed by atoms with E-state index in [9.17, 15) is 4.79 Å². The number of carbonyl (C=O) groups excluding carboxylic acids is 1. The van der Waals surface area contributed by atoms with Crippen LogP contribution in [0.15, 0.2) is 84.9 Å². The molecule has 0 bridgehead atoms. The predicted octanol–water partition coefficient (Wildman–Crippen LogP) is 5.17. The molecule has 0 aromatic heterocycles. The maximum Gasteiger partial charge on any atom is 0.163 e. The summed E-state index contributed by atoms with van der Waals surface area (Å²) < 4.78 is 0. The molecule has 4 rings (SSSR count). The zero-order chi connectivity index (χ0) is 15.2. The number of rotatable bonds is 1. The monoisotopic (exact) mass is 286 g/mol.